The van der Waals surface area contributed by atoms with Crippen molar-refractivity contribution in [3.05, 3.63) is 60.2 Å². The first-order valence-corrected chi connectivity index (χ1v) is 9.50. The number of para-hydroxylation sites is 2. The number of nitrogens with zero attached hydrogens (tertiary/aromatic N) is 1. The molecule has 2 aromatic rings. The highest BCUT2D eigenvalue weighted by Gasteiger charge is 2.27. The Labute approximate surface area is 160 Å². The lowest BCUT2D eigenvalue weighted by atomic mass is 10.1. The van der Waals surface area contributed by atoms with E-state index in [4.69, 9.17) is 4.74 Å². The molecule has 0 aromatic heterocycles. The number of nitrogens with one attached hydrogen (secondary N) is 1. The summed E-state index contributed by atoms with van der Waals surface area (Å²) in [5.41, 5.74) is 2.05. The van der Waals surface area contributed by atoms with E-state index in [-0.39, 0.29) is 30.8 Å². The van der Waals surface area contributed by atoms with Gasteiger partial charge in [-0.15, -0.1) is 0 Å². The Morgan fingerprint density at radius 2 is 1.81 bits per heavy atom. The number of carbonyl (C=O) groups excluding carboxylic acids is 2. The zero-order valence-electron chi connectivity index (χ0n) is 15.7. The average molecular weight is 366 g/mol. The van der Waals surface area contributed by atoms with Gasteiger partial charge in [0.2, 0.25) is 11.8 Å². The normalized spacial score (nSPS) is 15.6. The lowest BCUT2D eigenvalue weighted by molar-refractivity contribution is -0.125. The maximum absolute atomic E-state index is 12.6. The van der Waals surface area contributed by atoms with E-state index in [1.807, 2.05) is 49.4 Å². The van der Waals surface area contributed by atoms with Crippen molar-refractivity contribution in [2.24, 2.45) is 0 Å². The number of rotatable bonds is 7. The Morgan fingerprint density at radius 1 is 1.07 bits per heavy atom. The molecule has 142 valence electrons. The van der Waals surface area contributed by atoms with Gasteiger partial charge in [0.05, 0.1) is 12.2 Å². The van der Waals surface area contributed by atoms with Gasteiger partial charge in [0.15, 0.2) is 0 Å². The smallest absolute Gasteiger partial charge is 0.227 e. The van der Waals surface area contributed by atoms with Crippen molar-refractivity contribution in [2.75, 3.05) is 18.0 Å². The molecule has 1 aliphatic heterocycles. The molecule has 0 saturated carbocycles. The van der Waals surface area contributed by atoms with Gasteiger partial charge >= 0.3 is 0 Å². The molecule has 0 unspecified atom stereocenters. The minimum atomic E-state index is -0.0778. The summed E-state index contributed by atoms with van der Waals surface area (Å²) in [7, 11) is 0. The molecule has 27 heavy (non-hydrogen) atoms. The highest BCUT2D eigenvalue weighted by molar-refractivity contribution is 5.97. The van der Waals surface area contributed by atoms with E-state index in [9.17, 15) is 9.59 Å². The Morgan fingerprint density at radius 3 is 2.63 bits per heavy atom. The van der Waals surface area contributed by atoms with Gasteiger partial charge in [0.1, 0.15) is 11.9 Å². The van der Waals surface area contributed by atoms with Crippen LogP contribution < -0.4 is 15.0 Å². The maximum atomic E-state index is 12.6. The summed E-state index contributed by atoms with van der Waals surface area (Å²) in [5, 5.41) is 2.90. The lowest BCUT2D eigenvalue weighted by Crippen LogP contribution is -2.42. The SMILES string of the molecule is C[C@H]1CN(C(=O)CCC(=O)NCCCc2ccccc2)c2ccccc2O1. The second-order valence-electron chi connectivity index (χ2n) is 6.84. The summed E-state index contributed by atoms with van der Waals surface area (Å²) in [6.45, 7) is 3.07. The summed E-state index contributed by atoms with van der Waals surface area (Å²) in [6.07, 6.45) is 2.17. The van der Waals surface area contributed by atoms with Crippen LogP contribution in [0.1, 0.15) is 31.7 Å². The van der Waals surface area contributed by atoms with Gasteiger partial charge in [-0.05, 0) is 37.5 Å². The molecule has 0 aliphatic carbocycles. The van der Waals surface area contributed by atoms with Crippen molar-refractivity contribution in [1.29, 1.82) is 0 Å². The summed E-state index contributed by atoms with van der Waals surface area (Å²) in [5.74, 6) is 0.595. The molecule has 0 fully saturated rings. The fraction of sp³-hybridized carbons (Fsp3) is 0.364. The third-order valence-corrected chi connectivity index (χ3v) is 4.60. The molecule has 5 heteroatoms. The molecular weight excluding hydrogens is 340 g/mol. The van der Waals surface area contributed by atoms with Crippen molar-refractivity contribution in [2.45, 2.75) is 38.7 Å². The van der Waals surface area contributed by atoms with Crippen LogP contribution in [0.3, 0.4) is 0 Å². The first-order chi connectivity index (χ1) is 13.1. The van der Waals surface area contributed by atoms with Crippen LogP contribution in [0.4, 0.5) is 5.69 Å². The predicted octanol–water partition coefficient (Wildman–Crippen LogP) is 3.33. The zero-order chi connectivity index (χ0) is 19.1. The number of aryl methyl sites for hydroxylation is 1. The van der Waals surface area contributed by atoms with Crippen LogP contribution in [0.25, 0.3) is 0 Å². The van der Waals surface area contributed by atoms with E-state index < -0.39 is 0 Å². The molecule has 0 radical (unpaired) electrons. The average Bonchev–Trinajstić information content (AvgIpc) is 2.69. The van der Waals surface area contributed by atoms with E-state index >= 15 is 0 Å². The van der Waals surface area contributed by atoms with Gasteiger partial charge in [0.25, 0.3) is 0 Å². The number of carbonyl (C=O) groups is 2. The molecule has 2 aromatic carbocycles. The molecule has 1 N–H and O–H groups in total. The number of fused-ring (bicyclic) bond motifs is 1. The summed E-state index contributed by atoms with van der Waals surface area (Å²) >= 11 is 0. The number of hydrogen-bond acceptors (Lipinski definition) is 3. The fourth-order valence-corrected chi connectivity index (χ4v) is 3.23. The highest BCUT2D eigenvalue weighted by atomic mass is 16.5. The Bertz CT molecular complexity index is 776. The van der Waals surface area contributed by atoms with Crippen LogP contribution >= 0.6 is 0 Å². The first-order valence-electron chi connectivity index (χ1n) is 9.50. The lowest BCUT2D eigenvalue weighted by Gasteiger charge is -2.33. The summed E-state index contributed by atoms with van der Waals surface area (Å²) in [6, 6.07) is 17.7. The minimum Gasteiger partial charge on any atom is -0.487 e. The van der Waals surface area contributed by atoms with Crippen LogP contribution in [-0.2, 0) is 16.0 Å². The number of anilines is 1. The topological polar surface area (TPSA) is 58.6 Å². The molecule has 1 atom stereocenters. The van der Waals surface area contributed by atoms with Gasteiger partial charge in [-0.3, -0.25) is 9.59 Å². The van der Waals surface area contributed by atoms with Crippen molar-refractivity contribution >= 4 is 17.5 Å². The number of benzene rings is 2. The molecule has 0 bridgehead atoms. The second kappa shape index (κ2) is 9.21. The van der Waals surface area contributed by atoms with E-state index in [1.165, 1.54) is 5.56 Å². The van der Waals surface area contributed by atoms with Crippen molar-refractivity contribution in [3.63, 3.8) is 0 Å². The molecule has 2 amide bonds. The number of ether oxygens (including phenoxy) is 1. The third-order valence-electron chi connectivity index (χ3n) is 4.60. The van der Waals surface area contributed by atoms with Gasteiger partial charge < -0.3 is 15.0 Å². The van der Waals surface area contributed by atoms with E-state index in [2.05, 4.69) is 17.4 Å². The molecule has 0 saturated heterocycles. The van der Waals surface area contributed by atoms with Crippen molar-refractivity contribution in [1.82, 2.24) is 5.32 Å². The van der Waals surface area contributed by atoms with Crippen molar-refractivity contribution in [3.8, 4) is 5.75 Å². The van der Waals surface area contributed by atoms with Crippen LogP contribution in [0, 0.1) is 0 Å². The van der Waals surface area contributed by atoms with Crippen molar-refractivity contribution < 1.29 is 14.3 Å². The standard InChI is InChI=1S/C22H26N2O3/c1-17-16-24(19-11-5-6-12-20(19)27-17)22(26)14-13-21(25)23-15-7-10-18-8-3-2-4-9-18/h2-6,8-9,11-12,17H,7,10,13-16H2,1H3,(H,23,25)/t17-/m0/s1. The maximum Gasteiger partial charge on any atom is 0.227 e. The van der Waals surface area contributed by atoms with Crippen LogP contribution in [0.5, 0.6) is 5.75 Å². The summed E-state index contributed by atoms with van der Waals surface area (Å²) < 4.78 is 5.77. The second-order valence-corrected chi connectivity index (χ2v) is 6.84. The zero-order valence-corrected chi connectivity index (χ0v) is 15.7. The molecule has 1 aliphatic rings. The van der Waals surface area contributed by atoms with E-state index in [1.54, 1.807) is 4.90 Å². The van der Waals surface area contributed by atoms with Gasteiger partial charge in [0, 0.05) is 19.4 Å². The van der Waals surface area contributed by atoms with Crippen LogP contribution in [0.2, 0.25) is 0 Å². The molecule has 3 rings (SSSR count). The van der Waals surface area contributed by atoms with Gasteiger partial charge in [-0.1, -0.05) is 42.5 Å². The molecular formula is C22H26N2O3. The van der Waals surface area contributed by atoms with Crippen LogP contribution in [-0.4, -0.2) is 31.0 Å². The Kier molecular flexibility index (Phi) is 6.47. The third kappa shape index (κ3) is 5.33. The molecule has 5 nitrogen and oxygen atoms in total. The molecule has 0 spiro atoms. The monoisotopic (exact) mass is 366 g/mol. The van der Waals surface area contributed by atoms with E-state index in [0.29, 0.717) is 13.1 Å². The molecule has 1 heterocycles. The van der Waals surface area contributed by atoms with Crippen LogP contribution in [0.15, 0.2) is 54.6 Å². The Hall–Kier alpha value is -2.82. The first kappa shape index (κ1) is 19.0. The van der Waals surface area contributed by atoms with Gasteiger partial charge in [-0.25, -0.2) is 0 Å². The highest BCUT2D eigenvalue weighted by Crippen LogP contribution is 2.33. The Balaban J connectivity index is 1.42. The predicted molar refractivity (Wildman–Crippen MR) is 106 cm³/mol. The van der Waals surface area contributed by atoms with E-state index in [0.717, 1.165) is 24.3 Å². The largest absolute Gasteiger partial charge is 0.487 e. The quantitative estimate of drug-likeness (QED) is 0.765. The minimum absolute atomic E-state index is 0.0444. The fourth-order valence-electron chi connectivity index (χ4n) is 3.23. The number of hydrogen-bond donors (Lipinski definition) is 1. The van der Waals surface area contributed by atoms with Gasteiger partial charge in [-0.2, -0.15) is 0 Å². The number of amides is 2. The summed E-state index contributed by atoms with van der Waals surface area (Å²) in [4.78, 5) is 26.4.